The molecule has 0 spiro atoms. The van der Waals surface area contributed by atoms with E-state index in [2.05, 4.69) is 15.9 Å². The van der Waals surface area contributed by atoms with Gasteiger partial charge in [0.2, 0.25) is 5.91 Å². The van der Waals surface area contributed by atoms with E-state index in [-0.39, 0.29) is 17.4 Å². The molecule has 1 aliphatic rings. The van der Waals surface area contributed by atoms with Gasteiger partial charge in [-0.05, 0) is 47.0 Å². The van der Waals surface area contributed by atoms with Gasteiger partial charge in [-0.2, -0.15) is 0 Å². The molecule has 0 aliphatic carbocycles. The normalized spacial score (nSPS) is 18.2. The van der Waals surface area contributed by atoms with E-state index >= 15 is 0 Å². The van der Waals surface area contributed by atoms with Gasteiger partial charge in [0.05, 0.1) is 4.47 Å². The monoisotopic (exact) mass is 342 g/mol. The summed E-state index contributed by atoms with van der Waals surface area (Å²) in [5.41, 5.74) is 0.268. The molecule has 1 aromatic carbocycles. The first-order valence-corrected chi connectivity index (χ1v) is 7.18. The molecule has 6 heteroatoms. The maximum atomic E-state index is 13.5. The third-order valence-electron chi connectivity index (χ3n) is 3.41. The van der Waals surface area contributed by atoms with Gasteiger partial charge in [0.1, 0.15) is 11.9 Å². The molecule has 1 atom stereocenters. The SMILES string of the molecule is CN(C)C(=O)C1CCCN1C(=O)c1ccc(Br)c(F)c1. The first-order valence-electron chi connectivity index (χ1n) is 6.39. The predicted molar refractivity (Wildman–Crippen MR) is 76.9 cm³/mol. The van der Waals surface area contributed by atoms with Gasteiger partial charge in [-0.3, -0.25) is 9.59 Å². The minimum Gasteiger partial charge on any atom is -0.347 e. The lowest BCUT2D eigenvalue weighted by Gasteiger charge is -2.26. The van der Waals surface area contributed by atoms with Crippen molar-refractivity contribution in [1.29, 1.82) is 0 Å². The number of halogens is 2. The average Bonchev–Trinajstić information content (AvgIpc) is 2.89. The lowest BCUT2D eigenvalue weighted by atomic mass is 10.1. The van der Waals surface area contributed by atoms with E-state index in [0.29, 0.717) is 17.4 Å². The van der Waals surface area contributed by atoms with Gasteiger partial charge in [-0.15, -0.1) is 0 Å². The zero-order chi connectivity index (χ0) is 14.9. The number of hydrogen-bond donors (Lipinski definition) is 0. The van der Waals surface area contributed by atoms with Gasteiger partial charge in [0.25, 0.3) is 5.91 Å². The largest absolute Gasteiger partial charge is 0.347 e. The number of carbonyl (C=O) groups excluding carboxylic acids is 2. The summed E-state index contributed by atoms with van der Waals surface area (Å²) < 4.78 is 13.8. The van der Waals surface area contributed by atoms with Crippen LogP contribution < -0.4 is 0 Å². The van der Waals surface area contributed by atoms with E-state index in [1.165, 1.54) is 21.9 Å². The van der Waals surface area contributed by atoms with Crippen LogP contribution in [0.4, 0.5) is 4.39 Å². The second kappa shape index (κ2) is 5.91. The van der Waals surface area contributed by atoms with Crippen molar-refractivity contribution in [3.8, 4) is 0 Å². The molecule has 0 N–H and O–H groups in total. The van der Waals surface area contributed by atoms with Gasteiger partial charge in [0.15, 0.2) is 0 Å². The quantitative estimate of drug-likeness (QED) is 0.827. The number of amides is 2. The Labute approximate surface area is 125 Å². The average molecular weight is 343 g/mol. The smallest absolute Gasteiger partial charge is 0.254 e. The van der Waals surface area contributed by atoms with Gasteiger partial charge in [0, 0.05) is 26.2 Å². The molecule has 1 saturated heterocycles. The number of rotatable bonds is 2. The van der Waals surface area contributed by atoms with Crippen LogP contribution in [-0.2, 0) is 4.79 Å². The molecule has 2 rings (SSSR count). The minimum absolute atomic E-state index is 0.0894. The summed E-state index contributed by atoms with van der Waals surface area (Å²) in [4.78, 5) is 27.5. The van der Waals surface area contributed by atoms with Crippen molar-refractivity contribution in [3.63, 3.8) is 0 Å². The summed E-state index contributed by atoms with van der Waals surface area (Å²) in [5, 5.41) is 0. The number of hydrogen-bond acceptors (Lipinski definition) is 2. The number of nitrogens with zero attached hydrogens (tertiary/aromatic N) is 2. The lowest BCUT2D eigenvalue weighted by molar-refractivity contribution is -0.132. The second-order valence-corrected chi connectivity index (χ2v) is 5.87. The van der Waals surface area contributed by atoms with Crippen LogP contribution in [0.5, 0.6) is 0 Å². The summed E-state index contributed by atoms with van der Waals surface area (Å²) >= 11 is 3.06. The van der Waals surface area contributed by atoms with E-state index in [0.717, 1.165) is 6.42 Å². The van der Waals surface area contributed by atoms with Gasteiger partial charge in [-0.25, -0.2) is 4.39 Å². The molecule has 108 valence electrons. The van der Waals surface area contributed by atoms with Crippen molar-refractivity contribution in [1.82, 2.24) is 9.80 Å². The molecule has 1 heterocycles. The number of likely N-dealkylation sites (tertiary alicyclic amines) is 1. The second-order valence-electron chi connectivity index (χ2n) is 5.02. The Bertz CT molecular complexity index is 548. The Morgan fingerprint density at radius 1 is 1.40 bits per heavy atom. The van der Waals surface area contributed by atoms with E-state index < -0.39 is 11.9 Å². The highest BCUT2D eigenvalue weighted by Crippen LogP contribution is 2.23. The van der Waals surface area contributed by atoms with Crippen LogP contribution in [0.2, 0.25) is 0 Å². The van der Waals surface area contributed by atoms with Crippen molar-refractivity contribution in [3.05, 3.63) is 34.1 Å². The summed E-state index contributed by atoms with van der Waals surface area (Å²) in [6.45, 7) is 0.529. The van der Waals surface area contributed by atoms with Crippen LogP contribution in [0.3, 0.4) is 0 Å². The van der Waals surface area contributed by atoms with Gasteiger partial charge < -0.3 is 9.80 Å². The predicted octanol–water partition coefficient (Wildman–Crippen LogP) is 2.28. The zero-order valence-corrected chi connectivity index (χ0v) is 13.0. The summed E-state index contributed by atoms with van der Waals surface area (Å²) in [7, 11) is 3.34. The molecule has 0 aromatic heterocycles. The minimum atomic E-state index is -0.481. The first-order chi connectivity index (χ1) is 9.41. The fourth-order valence-electron chi connectivity index (χ4n) is 2.36. The van der Waals surface area contributed by atoms with Crippen molar-refractivity contribution in [2.75, 3.05) is 20.6 Å². The highest BCUT2D eigenvalue weighted by molar-refractivity contribution is 9.10. The standard InChI is InChI=1S/C14H16BrFN2O2/c1-17(2)14(20)12-4-3-7-18(12)13(19)9-5-6-10(15)11(16)8-9/h5-6,8,12H,3-4,7H2,1-2H3. The third-order valence-corrected chi connectivity index (χ3v) is 4.05. The highest BCUT2D eigenvalue weighted by Gasteiger charge is 2.35. The molecule has 0 bridgehead atoms. The van der Waals surface area contributed by atoms with E-state index in [4.69, 9.17) is 0 Å². The molecule has 0 saturated carbocycles. The van der Waals surface area contributed by atoms with E-state index in [1.807, 2.05) is 0 Å². The number of likely N-dealkylation sites (N-methyl/N-ethyl adjacent to an activating group) is 1. The Kier molecular flexibility index (Phi) is 4.42. The fourth-order valence-corrected chi connectivity index (χ4v) is 2.61. The zero-order valence-electron chi connectivity index (χ0n) is 11.4. The topological polar surface area (TPSA) is 40.6 Å². The Morgan fingerprint density at radius 3 is 2.70 bits per heavy atom. The maximum absolute atomic E-state index is 13.5. The van der Waals surface area contributed by atoms with Crippen molar-refractivity contribution >= 4 is 27.7 Å². The molecule has 20 heavy (non-hydrogen) atoms. The van der Waals surface area contributed by atoms with Crippen LogP contribution in [-0.4, -0.2) is 48.3 Å². The van der Waals surface area contributed by atoms with E-state index in [9.17, 15) is 14.0 Å². The Balaban J connectivity index is 2.23. The lowest BCUT2D eigenvalue weighted by Crippen LogP contribution is -2.45. The van der Waals surface area contributed by atoms with Crippen LogP contribution in [0.15, 0.2) is 22.7 Å². The first kappa shape index (κ1) is 15.0. The van der Waals surface area contributed by atoms with Gasteiger partial charge >= 0.3 is 0 Å². The molecule has 1 fully saturated rings. The molecule has 4 nitrogen and oxygen atoms in total. The Hall–Kier alpha value is -1.43. The molecule has 0 radical (unpaired) electrons. The van der Waals surface area contributed by atoms with E-state index in [1.54, 1.807) is 20.2 Å². The summed E-state index contributed by atoms with van der Waals surface area (Å²) in [6, 6.07) is 3.82. The van der Waals surface area contributed by atoms with Crippen LogP contribution in [0.25, 0.3) is 0 Å². The van der Waals surface area contributed by atoms with Crippen molar-refractivity contribution in [2.45, 2.75) is 18.9 Å². The van der Waals surface area contributed by atoms with Gasteiger partial charge in [-0.1, -0.05) is 0 Å². The molecule has 1 aromatic rings. The van der Waals surface area contributed by atoms with Crippen LogP contribution in [0.1, 0.15) is 23.2 Å². The molecule has 2 amide bonds. The number of benzene rings is 1. The summed E-state index contributed by atoms with van der Waals surface area (Å²) in [5.74, 6) is -0.868. The van der Waals surface area contributed by atoms with Crippen molar-refractivity contribution < 1.29 is 14.0 Å². The Morgan fingerprint density at radius 2 is 2.10 bits per heavy atom. The maximum Gasteiger partial charge on any atom is 0.254 e. The third kappa shape index (κ3) is 2.85. The summed E-state index contributed by atoms with van der Waals surface area (Å²) in [6.07, 6.45) is 1.44. The fraction of sp³-hybridized carbons (Fsp3) is 0.429. The highest BCUT2D eigenvalue weighted by atomic mass is 79.9. The van der Waals surface area contributed by atoms with Crippen LogP contribution >= 0.6 is 15.9 Å². The molecule has 1 aliphatic heterocycles. The molecular formula is C14H16BrFN2O2. The molecular weight excluding hydrogens is 327 g/mol. The van der Waals surface area contributed by atoms with Crippen molar-refractivity contribution in [2.24, 2.45) is 0 Å². The number of carbonyl (C=O) groups is 2. The van der Waals surface area contributed by atoms with Crippen LogP contribution in [0, 0.1) is 5.82 Å². The molecule has 1 unspecified atom stereocenters.